The summed E-state index contributed by atoms with van der Waals surface area (Å²) in [5, 5.41) is 14.5. The zero-order chi connectivity index (χ0) is 18.7. The third-order valence-corrected chi connectivity index (χ3v) is 4.79. The summed E-state index contributed by atoms with van der Waals surface area (Å²) in [6, 6.07) is 17.2. The summed E-state index contributed by atoms with van der Waals surface area (Å²) in [6.07, 6.45) is 0. The van der Waals surface area contributed by atoms with Crippen molar-refractivity contribution in [3.8, 4) is 0 Å². The molecule has 3 rings (SSSR count). The summed E-state index contributed by atoms with van der Waals surface area (Å²) in [4.78, 5) is 10.1. The highest BCUT2D eigenvalue weighted by molar-refractivity contribution is 7.86. The molecule has 3 aromatic rings. The van der Waals surface area contributed by atoms with Crippen LogP contribution in [0.4, 0.5) is 5.69 Å². The molecule has 3 aromatic carbocycles. The lowest BCUT2D eigenvalue weighted by molar-refractivity contribution is -0.704. The standard InChI is InChI=1S/C17H13N3O5S/c18-17(13-5-8-15(9-6-13)20(21)22)19-25-26(23,24)16-10-7-12-3-1-2-4-14(12)11-16/h1-11H,(H2,18,19)/p+1. The van der Waals surface area contributed by atoms with E-state index in [0.717, 1.165) is 10.8 Å². The predicted molar refractivity (Wildman–Crippen MR) is 94.6 cm³/mol. The van der Waals surface area contributed by atoms with Gasteiger partial charge in [0.05, 0.1) is 10.5 Å². The third-order valence-electron chi connectivity index (χ3n) is 3.66. The van der Waals surface area contributed by atoms with Gasteiger partial charge in [-0.05, 0) is 35.0 Å². The Balaban J connectivity index is 1.83. The van der Waals surface area contributed by atoms with Crippen molar-refractivity contribution in [1.82, 2.24) is 0 Å². The molecule has 0 fully saturated rings. The Kier molecular flexibility index (Phi) is 4.55. The molecular weight excluding hydrogens is 358 g/mol. The molecule has 8 nitrogen and oxygen atoms in total. The van der Waals surface area contributed by atoms with Gasteiger partial charge in [-0.2, -0.15) is 8.42 Å². The fourth-order valence-corrected chi connectivity index (χ4v) is 3.09. The lowest BCUT2D eigenvalue weighted by Gasteiger charge is -2.03. The number of hydrogen-bond donors (Lipinski definition) is 2. The maximum atomic E-state index is 12.3. The molecule has 0 heterocycles. The van der Waals surface area contributed by atoms with Gasteiger partial charge in [-0.15, -0.1) is 0 Å². The van der Waals surface area contributed by atoms with Crippen LogP contribution < -0.4 is 10.9 Å². The number of benzene rings is 3. The van der Waals surface area contributed by atoms with E-state index in [1.165, 1.54) is 36.4 Å². The van der Waals surface area contributed by atoms with Crippen LogP contribution in [0, 0.1) is 10.1 Å². The van der Waals surface area contributed by atoms with Crippen molar-refractivity contribution < 1.29 is 22.8 Å². The van der Waals surface area contributed by atoms with Gasteiger partial charge in [0.2, 0.25) is 0 Å². The molecule has 132 valence electrons. The van der Waals surface area contributed by atoms with E-state index in [9.17, 15) is 18.5 Å². The molecule has 0 saturated carbocycles. The largest absolute Gasteiger partial charge is 0.375 e. The molecule has 0 amide bonds. The number of rotatable bonds is 5. The second-order valence-electron chi connectivity index (χ2n) is 5.37. The lowest BCUT2D eigenvalue weighted by atomic mass is 10.1. The van der Waals surface area contributed by atoms with Gasteiger partial charge >= 0.3 is 16.0 Å². The van der Waals surface area contributed by atoms with Crippen LogP contribution in [0.2, 0.25) is 0 Å². The third kappa shape index (κ3) is 3.62. The fourth-order valence-electron chi connectivity index (χ4n) is 2.29. The number of nitro groups is 1. The summed E-state index contributed by atoms with van der Waals surface area (Å²) in [6.45, 7) is 0. The molecule has 0 unspecified atom stereocenters. The number of nitrogens with zero attached hydrogens (tertiary/aromatic N) is 1. The van der Waals surface area contributed by atoms with Crippen LogP contribution in [-0.4, -0.2) is 19.2 Å². The Labute approximate surface area is 148 Å². The SMILES string of the molecule is NC(=[NH+]OS(=O)(=O)c1ccc2ccccc2c1)c1ccc([N+](=O)[O-])cc1. The Morgan fingerprint density at radius 2 is 1.65 bits per heavy atom. The summed E-state index contributed by atoms with van der Waals surface area (Å²) >= 11 is 0. The average Bonchev–Trinajstić information content (AvgIpc) is 2.65. The number of nitrogens with two attached hydrogens (primary N) is 1. The van der Waals surface area contributed by atoms with E-state index in [0.29, 0.717) is 5.56 Å². The smallest absolute Gasteiger partial charge is 0.284 e. The quantitative estimate of drug-likeness (QED) is 0.296. The highest BCUT2D eigenvalue weighted by Gasteiger charge is 2.19. The molecule has 0 saturated heterocycles. The van der Waals surface area contributed by atoms with E-state index in [1.54, 1.807) is 18.2 Å². The van der Waals surface area contributed by atoms with Crippen LogP contribution in [0.5, 0.6) is 0 Å². The van der Waals surface area contributed by atoms with Crippen LogP contribution in [0.15, 0.2) is 71.6 Å². The molecule has 3 N–H and O–H groups in total. The lowest BCUT2D eigenvalue weighted by Crippen LogP contribution is -2.75. The van der Waals surface area contributed by atoms with Crippen molar-refractivity contribution in [2.45, 2.75) is 4.90 Å². The monoisotopic (exact) mass is 372 g/mol. The maximum absolute atomic E-state index is 12.3. The van der Waals surface area contributed by atoms with Crippen LogP contribution >= 0.6 is 0 Å². The zero-order valence-electron chi connectivity index (χ0n) is 13.3. The van der Waals surface area contributed by atoms with E-state index in [-0.39, 0.29) is 16.4 Å². The molecular formula is C17H14N3O5S+. The van der Waals surface area contributed by atoms with Gasteiger partial charge in [0.25, 0.3) is 5.69 Å². The van der Waals surface area contributed by atoms with E-state index in [2.05, 4.69) is 5.16 Å². The van der Waals surface area contributed by atoms with E-state index in [4.69, 9.17) is 10.0 Å². The van der Waals surface area contributed by atoms with Gasteiger partial charge in [0.15, 0.2) is 0 Å². The Morgan fingerprint density at radius 1 is 1.00 bits per heavy atom. The average molecular weight is 372 g/mol. The molecule has 0 aliphatic rings. The zero-order valence-corrected chi connectivity index (χ0v) is 14.1. The minimum Gasteiger partial charge on any atom is -0.284 e. The topological polar surface area (TPSA) is 126 Å². The molecule has 0 atom stereocenters. The first-order valence-electron chi connectivity index (χ1n) is 7.42. The first-order chi connectivity index (χ1) is 12.4. The Morgan fingerprint density at radius 3 is 2.31 bits per heavy atom. The molecule has 0 aliphatic heterocycles. The van der Waals surface area contributed by atoms with Crippen LogP contribution in [0.25, 0.3) is 10.8 Å². The molecule has 0 aliphatic carbocycles. The Hall–Kier alpha value is -3.46. The normalized spacial score (nSPS) is 12.1. The number of amidine groups is 1. The highest BCUT2D eigenvalue weighted by Crippen LogP contribution is 2.19. The van der Waals surface area contributed by atoms with E-state index >= 15 is 0 Å². The summed E-state index contributed by atoms with van der Waals surface area (Å²) in [7, 11) is -4.10. The van der Waals surface area contributed by atoms with E-state index in [1.807, 2.05) is 12.1 Å². The molecule has 0 radical (unpaired) electrons. The molecule has 9 heteroatoms. The van der Waals surface area contributed by atoms with Gasteiger partial charge < -0.3 is 0 Å². The molecule has 0 spiro atoms. The first-order valence-corrected chi connectivity index (χ1v) is 8.83. The van der Waals surface area contributed by atoms with Crippen molar-refractivity contribution in [2.24, 2.45) is 5.73 Å². The van der Waals surface area contributed by atoms with Gasteiger partial charge in [-0.3, -0.25) is 15.8 Å². The van der Waals surface area contributed by atoms with Crippen molar-refractivity contribution >= 4 is 32.4 Å². The number of nitro benzene ring substituents is 1. The maximum Gasteiger partial charge on any atom is 0.375 e. The number of non-ortho nitro benzene ring substituents is 1. The molecule has 0 bridgehead atoms. The van der Waals surface area contributed by atoms with Crippen LogP contribution in [-0.2, 0) is 14.4 Å². The number of fused-ring (bicyclic) bond motifs is 1. The number of hydrogen-bond acceptors (Lipinski definition) is 5. The van der Waals surface area contributed by atoms with Gasteiger partial charge in [-0.25, -0.2) is 4.28 Å². The molecule has 26 heavy (non-hydrogen) atoms. The van der Waals surface area contributed by atoms with Crippen LogP contribution in [0.1, 0.15) is 5.56 Å². The van der Waals surface area contributed by atoms with Crippen LogP contribution in [0.3, 0.4) is 0 Å². The van der Waals surface area contributed by atoms with Gasteiger partial charge in [0.1, 0.15) is 4.90 Å². The molecule has 0 aromatic heterocycles. The van der Waals surface area contributed by atoms with Crippen molar-refractivity contribution in [1.29, 1.82) is 0 Å². The summed E-state index contributed by atoms with van der Waals surface area (Å²) < 4.78 is 29.4. The number of nitrogens with one attached hydrogen (secondary N) is 1. The van der Waals surface area contributed by atoms with Gasteiger partial charge in [-0.1, -0.05) is 35.5 Å². The number of nitrogen functional groups attached to an aromatic ring is 1. The second-order valence-corrected chi connectivity index (χ2v) is 6.91. The van der Waals surface area contributed by atoms with Crippen molar-refractivity contribution in [3.05, 3.63) is 82.4 Å². The van der Waals surface area contributed by atoms with Gasteiger partial charge in [0, 0.05) is 12.1 Å². The van der Waals surface area contributed by atoms with Crippen molar-refractivity contribution in [2.75, 3.05) is 0 Å². The summed E-state index contributed by atoms with van der Waals surface area (Å²) in [5.74, 6) is -0.0933. The first kappa shape index (κ1) is 17.4. The minimum atomic E-state index is -4.10. The second kappa shape index (κ2) is 6.81. The summed E-state index contributed by atoms with van der Waals surface area (Å²) in [5.41, 5.74) is 5.99. The fraction of sp³-hybridized carbons (Fsp3) is 0. The highest BCUT2D eigenvalue weighted by atomic mass is 32.2. The van der Waals surface area contributed by atoms with Crippen molar-refractivity contribution in [3.63, 3.8) is 0 Å². The minimum absolute atomic E-state index is 0.0276. The predicted octanol–water partition coefficient (Wildman–Crippen LogP) is 0.854. The van der Waals surface area contributed by atoms with E-state index < -0.39 is 15.0 Å². The Bertz CT molecular complexity index is 1110.